The Morgan fingerprint density at radius 2 is 1.62 bits per heavy atom. The molecule has 5 rings (SSSR count). The van der Waals surface area contributed by atoms with E-state index in [-0.39, 0.29) is 43.6 Å². The number of likely N-dealkylation sites (tertiary alicyclic amines) is 2. The summed E-state index contributed by atoms with van der Waals surface area (Å²) >= 11 is 18.5. The summed E-state index contributed by atoms with van der Waals surface area (Å²) in [7, 11) is -4.14. The van der Waals surface area contributed by atoms with Gasteiger partial charge in [-0.3, -0.25) is 14.4 Å². The lowest BCUT2D eigenvalue weighted by molar-refractivity contribution is -0.0714. The molecule has 1 unspecified atom stereocenters. The monoisotopic (exact) mass is 619 g/mol. The van der Waals surface area contributed by atoms with Crippen LogP contribution in [0.3, 0.4) is 0 Å². The van der Waals surface area contributed by atoms with Crippen molar-refractivity contribution in [1.29, 1.82) is 0 Å². The number of amides is 1. The van der Waals surface area contributed by atoms with E-state index in [0.717, 1.165) is 32.5 Å². The molecule has 2 fully saturated rings. The van der Waals surface area contributed by atoms with Crippen molar-refractivity contribution in [3.8, 4) is 0 Å². The first kappa shape index (κ1) is 29.2. The number of halogens is 3. The van der Waals surface area contributed by atoms with Crippen molar-refractivity contribution < 1.29 is 13.2 Å². The normalized spacial score (nSPS) is 19.7. The summed E-state index contributed by atoms with van der Waals surface area (Å²) in [6.07, 6.45) is 2.02. The number of carbonyl (C=O) groups is 1. The average molecular weight is 621 g/mol. The molecule has 2 saturated heterocycles. The number of nitrogens with zero attached hydrogens (tertiary/aromatic N) is 2. The van der Waals surface area contributed by atoms with Crippen molar-refractivity contribution in [1.82, 2.24) is 9.80 Å². The Labute approximate surface area is 251 Å². The zero-order valence-electron chi connectivity index (χ0n) is 22.4. The van der Waals surface area contributed by atoms with Crippen LogP contribution >= 0.6 is 34.8 Å². The number of sulfonamides is 1. The molecule has 0 aliphatic carbocycles. The molecule has 2 heterocycles. The number of anilines is 1. The van der Waals surface area contributed by atoms with E-state index in [2.05, 4.69) is 47.7 Å². The molecule has 0 spiro atoms. The Bertz CT molecular complexity index is 1510. The van der Waals surface area contributed by atoms with Crippen LogP contribution in [0.25, 0.3) is 0 Å². The second-order valence-corrected chi connectivity index (χ2v) is 14.2. The third kappa shape index (κ3) is 6.14. The molecular weight excluding hydrogens is 589 g/mol. The highest BCUT2D eigenvalue weighted by atomic mass is 35.5. The van der Waals surface area contributed by atoms with Gasteiger partial charge in [0.2, 0.25) is 0 Å². The Hall–Kier alpha value is -2.29. The SMILES string of the molecule is CC1(C)CN(C(=O)c2ccc(Cl)c(S(=O)(=O)Nc3cc(Cl)ccc3Cl)c2)C1C1CCN(Cc2ccccc2)CC1. The molecule has 0 radical (unpaired) electrons. The Kier molecular flexibility index (Phi) is 8.42. The molecule has 1 N–H and O–H groups in total. The number of carbonyl (C=O) groups excluding carboxylic acids is 1. The molecule has 0 aromatic heterocycles. The van der Waals surface area contributed by atoms with Crippen LogP contribution in [0.4, 0.5) is 5.69 Å². The van der Waals surface area contributed by atoms with Crippen LogP contribution in [0, 0.1) is 11.3 Å². The van der Waals surface area contributed by atoms with E-state index in [0.29, 0.717) is 17.5 Å². The number of nitrogens with one attached hydrogen (secondary N) is 1. The molecule has 40 heavy (non-hydrogen) atoms. The smallest absolute Gasteiger partial charge is 0.263 e. The minimum Gasteiger partial charge on any atom is -0.334 e. The van der Waals surface area contributed by atoms with Gasteiger partial charge in [0.05, 0.1) is 15.7 Å². The fraction of sp³-hybridized carbons (Fsp3) is 0.367. The Morgan fingerprint density at radius 1 is 0.950 bits per heavy atom. The summed E-state index contributed by atoms with van der Waals surface area (Å²) in [5, 5.41) is 0.528. The maximum absolute atomic E-state index is 13.7. The van der Waals surface area contributed by atoms with Gasteiger partial charge in [-0.05, 0) is 73.8 Å². The number of benzene rings is 3. The molecule has 1 atom stereocenters. The van der Waals surface area contributed by atoms with Gasteiger partial charge in [-0.25, -0.2) is 8.42 Å². The fourth-order valence-electron chi connectivity index (χ4n) is 6.08. The van der Waals surface area contributed by atoms with Crippen molar-refractivity contribution in [2.75, 3.05) is 24.4 Å². The molecule has 10 heteroatoms. The Balaban J connectivity index is 1.31. The quantitative estimate of drug-likeness (QED) is 0.303. The number of hydrogen-bond donors (Lipinski definition) is 1. The van der Waals surface area contributed by atoms with Crippen LogP contribution in [-0.2, 0) is 16.6 Å². The summed E-state index contributed by atoms with van der Waals surface area (Å²) in [4.78, 5) is 17.9. The first-order valence-corrected chi connectivity index (χ1v) is 15.9. The maximum atomic E-state index is 13.7. The van der Waals surface area contributed by atoms with Crippen LogP contribution in [0.1, 0.15) is 42.6 Å². The first-order chi connectivity index (χ1) is 18.9. The summed E-state index contributed by atoms with van der Waals surface area (Å²) in [5.41, 5.74) is 1.70. The largest absolute Gasteiger partial charge is 0.334 e. The lowest BCUT2D eigenvalue weighted by atomic mass is 9.66. The summed E-state index contributed by atoms with van der Waals surface area (Å²) in [6.45, 7) is 7.91. The van der Waals surface area contributed by atoms with Crippen molar-refractivity contribution in [3.63, 3.8) is 0 Å². The highest BCUT2D eigenvalue weighted by Crippen LogP contribution is 2.45. The third-order valence-electron chi connectivity index (χ3n) is 7.94. The number of piperidine rings is 1. The van der Waals surface area contributed by atoms with Crippen molar-refractivity contribution in [3.05, 3.63) is 92.9 Å². The van der Waals surface area contributed by atoms with E-state index < -0.39 is 10.0 Å². The third-order valence-corrected chi connectivity index (χ3v) is 10.4. The predicted octanol–water partition coefficient (Wildman–Crippen LogP) is 7.21. The van der Waals surface area contributed by atoms with Gasteiger partial charge in [-0.1, -0.05) is 79.0 Å². The van der Waals surface area contributed by atoms with E-state index in [4.69, 9.17) is 34.8 Å². The molecule has 6 nitrogen and oxygen atoms in total. The second-order valence-electron chi connectivity index (χ2n) is 11.3. The van der Waals surface area contributed by atoms with Crippen LogP contribution in [0.2, 0.25) is 15.1 Å². The lowest BCUT2D eigenvalue weighted by Crippen LogP contribution is -2.67. The molecule has 3 aromatic carbocycles. The fourth-order valence-corrected chi connectivity index (χ4v) is 8.07. The molecule has 3 aromatic rings. The van der Waals surface area contributed by atoms with Gasteiger partial charge in [-0.15, -0.1) is 0 Å². The molecule has 0 saturated carbocycles. The zero-order valence-corrected chi connectivity index (χ0v) is 25.5. The van der Waals surface area contributed by atoms with Gasteiger partial charge in [-0.2, -0.15) is 0 Å². The predicted molar refractivity (Wildman–Crippen MR) is 162 cm³/mol. The molecule has 2 aliphatic heterocycles. The minimum atomic E-state index is -4.14. The van der Waals surface area contributed by atoms with E-state index in [1.165, 1.54) is 29.8 Å². The van der Waals surface area contributed by atoms with Crippen LogP contribution in [-0.4, -0.2) is 49.8 Å². The topological polar surface area (TPSA) is 69.7 Å². The number of hydrogen-bond acceptors (Lipinski definition) is 4. The summed E-state index contributed by atoms with van der Waals surface area (Å²) in [5.74, 6) is 0.187. The van der Waals surface area contributed by atoms with Crippen LogP contribution < -0.4 is 4.72 Å². The van der Waals surface area contributed by atoms with E-state index >= 15 is 0 Å². The van der Waals surface area contributed by atoms with Crippen LogP contribution in [0.5, 0.6) is 0 Å². The Morgan fingerprint density at radius 3 is 2.30 bits per heavy atom. The van der Waals surface area contributed by atoms with Gasteiger partial charge >= 0.3 is 0 Å². The molecule has 0 bridgehead atoms. The average Bonchev–Trinajstić information content (AvgIpc) is 2.91. The van der Waals surface area contributed by atoms with Gasteiger partial charge in [0, 0.05) is 35.1 Å². The first-order valence-electron chi connectivity index (χ1n) is 13.3. The number of rotatable bonds is 7. The molecule has 2 aliphatic rings. The van der Waals surface area contributed by atoms with Gasteiger partial charge < -0.3 is 4.90 Å². The molecule has 212 valence electrons. The minimum absolute atomic E-state index is 0.00785. The summed E-state index contributed by atoms with van der Waals surface area (Å²) < 4.78 is 29.0. The molecule has 1 amide bonds. The van der Waals surface area contributed by atoms with Crippen molar-refractivity contribution in [2.24, 2.45) is 11.3 Å². The zero-order chi connectivity index (χ0) is 28.7. The van der Waals surface area contributed by atoms with Crippen molar-refractivity contribution >= 4 is 56.4 Å². The van der Waals surface area contributed by atoms with Gasteiger partial charge in [0.1, 0.15) is 4.90 Å². The van der Waals surface area contributed by atoms with E-state index in [1.54, 1.807) is 12.1 Å². The van der Waals surface area contributed by atoms with Crippen LogP contribution in [0.15, 0.2) is 71.6 Å². The standard InChI is InChI=1S/C30H32Cl3N3O3S/c1-30(2)19-36(28(30)21-12-14-35(15-13-21)18-20-6-4-3-5-7-20)29(37)22-8-10-25(33)27(16-22)40(38,39)34-26-17-23(31)9-11-24(26)32/h3-11,16-17,21,28,34H,12-15,18-19H2,1-2H3. The maximum Gasteiger partial charge on any atom is 0.263 e. The van der Waals surface area contributed by atoms with Gasteiger partial charge in [0.15, 0.2) is 0 Å². The van der Waals surface area contributed by atoms with Crippen molar-refractivity contribution in [2.45, 2.75) is 44.2 Å². The summed E-state index contributed by atoms with van der Waals surface area (Å²) in [6, 6.07) is 19.4. The highest BCUT2D eigenvalue weighted by Gasteiger charge is 2.52. The van der Waals surface area contributed by atoms with E-state index in [9.17, 15) is 13.2 Å². The highest BCUT2D eigenvalue weighted by molar-refractivity contribution is 7.92. The molecular formula is C30H32Cl3N3O3S. The lowest BCUT2D eigenvalue weighted by Gasteiger charge is -2.58. The van der Waals surface area contributed by atoms with Gasteiger partial charge in [0.25, 0.3) is 15.9 Å². The van der Waals surface area contributed by atoms with E-state index in [1.807, 2.05) is 11.0 Å². The second kappa shape index (κ2) is 11.5.